The van der Waals surface area contributed by atoms with E-state index in [9.17, 15) is 9.59 Å². The normalized spacial score (nSPS) is 21.8. The van der Waals surface area contributed by atoms with Crippen LogP contribution in [0, 0.1) is 5.92 Å². The van der Waals surface area contributed by atoms with Gasteiger partial charge in [-0.05, 0) is 31.6 Å². The van der Waals surface area contributed by atoms with Crippen molar-refractivity contribution < 1.29 is 9.59 Å². The Morgan fingerprint density at radius 3 is 2.61 bits per heavy atom. The van der Waals surface area contributed by atoms with Crippen LogP contribution >= 0.6 is 0 Å². The largest absolute Gasteiger partial charge is 0.357 e. The number of rotatable bonds is 4. The SMILES string of the molecule is CNC(=O)C1CCCCN1C(=O)[C@@H](N)CC(C)C. The second-order valence-electron chi connectivity index (χ2n) is 5.39. The van der Waals surface area contributed by atoms with E-state index >= 15 is 0 Å². The summed E-state index contributed by atoms with van der Waals surface area (Å²) in [5.41, 5.74) is 5.93. The summed E-state index contributed by atoms with van der Waals surface area (Å²) in [6.45, 7) is 4.72. The molecule has 0 aromatic carbocycles. The highest BCUT2D eigenvalue weighted by atomic mass is 16.2. The summed E-state index contributed by atoms with van der Waals surface area (Å²) >= 11 is 0. The highest BCUT2D eigenvalue weighted by Gasteiger charge is 2.33. The molecule has 104 valence electrons. The maximum atomic E-state index is 12.3. The Hall–Kier alpha value is -1.10. The number of hydrogen-bond donors (Lipinski definition) is 2. The lowest BCUT2D eigenvalue weighted by Crippen LogP contribution is -2.55. The van der Waals surface area contributed by atoms with E-state index in [1.165, 1.54) is 0 Å². The molecule has 1 unspecified atom stereocenters. The fourth-order valence-electron chi connectivity index (χ4n) is 2.46. The van der Waals surface area contributed by atoms with Gasteiger partial charge in [-0.2, -0.15) is 0 Å². The number of carbonyl (C=O) groups excluding carboxylic acids is 2. The van der Waals surface area contributed by atoms with E-state index in [1.54, 1.807) is 11.9 Å². The Morgan fingerprint density at radius 1 is 1.39 bits per heavy atom. The molecular weight excluding hydrogens is 230 g/mol. The molecule has 2 amide bonds. The fraction of sp³-hybridized carbons (Fsp3) is 0.846. The monoisotopic (exact) mass is 255 g/mol. The third-order valence-electron chi connectivity index (χ3n) is 3.38. The highest BCUT2D eigenvalue weighted by Crippen LogP contribution is 2.19. The highest BCUT2D eigenvalue weighted by molar-refractivity contribution is 5.89. The van der Waals surface area contributed by atoms with Crippen LogP contribution in [0.25, 0.3) is 0 Å². The smallest absolute Gasteiger partial charge is 0.242 e. The molecule has 1 saturated heterocycles. The van der Waals surface area contributed by atoms with Crippen LogP contribution in [0.2, 0.25) is 0 Å². The topological polar surface area (TPSA) is 75.4 Å². The predicted molar refractivity (Wildman–Crippen MR) is 70.8 cm³/mol. The molecule has 0 radical (unpaired) electrons. The van der Waals surface area contributed by atoms with Crippen molar-refractivity contribution in [2.45, 2.75) is 51.6 Å². The molecule has 5 nitrogen and oxygen atoms in total. The first-order chi connectivity index (χ1) is 8.47. The molecule has 1 heterocycles. The number of carbonyl (C=O) groups is 2. The van der Waals surface area contributed by atoms with Crippen molar-refractivity contribution in [1.82, 2.24) is 10.2 Å². The van der Waals surface area contributed by atoms with Gasteiger partial charge < -0.3 is 16.0 Å². The Labute approximate surface area is 109 Å². The summed E-state index contributed by atoms with van der Waals surface area (Å²) in [7, 11) is 1.60. The Bertz CT molecular complexity index is 305. The molecule has 0 aromatic rings. The van der Waals surface area contributed by atoms with Crippen molar-refractivity contribution in [2.75, 3.05) is 13.6 Å². The van der Waals surface area contributed by atoms with Gasteiger partial charge in [0.25, 0.3) is 0 Å². The van der Waals surface area contributed by atoms with Crippen LogP contribution in [0.5, 0.6) is 0 Å². The average molecular weight is 255 g/mol. The van der Waals surface area contributed by atoms with Gasteiger partial charge in [-0.25, -0.2) is 0 Å². The first-order valence-corrected chi connectivity index (χ1v) is 6.75. The van der Waals surface area contributed by atoms with Gasteiger partial charge in [0.05, 0.1) is 6.04 Å². The minimum absolute atomic E-state index is 0.0835. The number of hydrogen-bond acceptors (Lipinski definition) is 3. The minimum atomic E-state index is -0.491. The van der Waals surface area contributed by atoms with Crippen LogP contribution < -0.4 is 11.1 Å². The lowest BCUT2D eigenvalue weighted by atomic mass is 9.98. The lowest BCUT2D eigenvalue weighted by molar-refractivity contribution is -0.143. The molecular formula is C13H25N3O2. The van der Waals surface area contributed by atoms with Gasteiger partial charge in [0, 0.05) is 13.6 Å². The first-order valence-electron chi connectivity index (χ1n) is 6.75. The Morgan fingerprint density at radius 2 is 2.06 bits per heavy atom. The molecule has 1 fully saturated rings. The van der Waals surface area contributed by atoms with E-state index in [1.807, 2.05) is 13.8 Å². The second-order valence-corrected chi connectivity index (χ2v) is 5.39. The van der Waals surface area contributed by atoms with Crippen LogP contribution in [0.1, 0.15) is 39.5 Å². The Balaban J connectivity index is 2.70. The third-order valence-corrected chi connectivity index (χ3v) is 3.38. The standard InChI is InChI=1S/C13H25N3O2/c1-9(2)8-10(14)13(18)16-7-5-4-6-11(16)12(17)15-3/h9-11H,4-8,14H2,1-3H3,(H,15,17)/t10-,11?/m0/s1. The number of amides is 2. The minimum Gasteiger partial charge on any atom is -0.357 e. The van der Waals surface area contributed by atoms with Crippen molar-refractivity contribution in [3.05, 3.63) is 0 Å². The maximum absolute atomic E-state index is 12.3. The van der Waals surface area contributed by atoms with Gasteiger partial charge in [-0.3, -0.25) is 9.59 Å². The van der Waals surface area contributed by atoms with E-state index in [-0.39, 0.29) is 17.9 Å². The third kappa shape index (κ3) is 3.70. The van der Waals surface area contributed by atoms with Gasteiger partial charge in [0.15, 0.2) is 0 Å². The van der Waals surface area contributed by atoms with Gasteiger partial charge >= 0.3 is 0 Å². The molecule has 3 N–H and O–H groups in total. The van der Waals surface area contributed by atoms with E-state index in [2.05, 4.69) is 5.32 Å². The number of likely N-dealkylation sites (tertiary alicyclic amines) is 1. The number of nitrogens with zero attached hydrogens (tertiary/aromatic N) is 1. The van der Waals surface area contributed by atoms with Crippen LogP contribution in [0.4, 0.5) is 0 Å². The Kier molecular flexibility index (Phi) is 5.59. The van der Waals surface area contributed by atoms with Crippen LogP contribution in [0.3, 0.4) is 0 Å². The zero-order valence-corrected chi connectivity index (χ0v) is 11.6. The summed E-state index contributed by atoms with van der Waals surface area (Å²) in [5, 5.41) is 2.63. The molecule has 0 spiro atoms. The fourth-order valence-corrected chi connectivity index (χ4v) is 2.46. The van der Waals surface area contributed by atoms with Crippen LogP contribution in [-0.4, -0.2) is 42.4 Å². The molecule has 0 bridgehead atoms. The van der Waals surface area contributed by atoms with Crippen molar-refractivity contribution in [2.24, 2.45) is 11.7 Å². The molecule has 18 heavy (non-hydrogen) atoms. The number of nitrogens with two attached hydrogens (primary N) is 1. The molecule has 1 rings (SSSR count). The maximum Gasteiger partial charge on any atom is 0.242 e. The quantitative estimate of drug-likeness (QED) is 0.767. The van der Waals surface area contributed by atoms with Gasteiger partial charge in [0.1, 0.15) is 6.04 Å². The van der Waals surface area contributed by atoms with Crippen LogP contribution in [-0.2, 0) is 9.59 Å². The molecule has 1 aliphatic heterocycles. The summed E-state index contributed by atoms with van der Waals surface area (Å²) < 4.78 is 0. The van der Waals surface area contributed by atoms with Crippen molar-refractivity contribution in [1.29, 1.82) is 0 Å². The molecule has 1 aliphatic rings. The van der Waals surface area contributed by atoms with E-state index in [4.69, 9.17) is 5.73 Å². The number of piperidine rings is 1. The van der Waals surface area contributed by atoms with E-state index in [0.29, 0.717) is 18.9 Å². The summed E-state index contributed by atoms with van der Waals surface area (Å²) in [6, 6.07) is -0.829. The molecule has 2 atom stereocenters. The van der Waals surface area contributed by atoms with Gasteiger partial charge in [-0.1, -0.05) is 13.8 Å². The molecule has 0 saturated carbocycles. The van der Waals surface area contributed by atoms with E-state index < -0.39 is 6.04 Å². The van der Waals surface area contributed by atoms with E-state index in [0.717, 1.165) is 19.3 Å². The van der Waals surface area contributed by atoms with Gasteiger partial charge in [0.2, 0.25) is 11.8 Å². The zero-order valence-electron chi connectivity index (χ0n) is 11.6. The molecule has 5 heteroatoms. The van der Waals surface area contributed by atoms with Crippen molar-refractivity contribution >= 4 is 11.8 Å². The number of nitrogens with one attached hydrogen (secondary N) is 1. The van der Waals surface area contributed by atoms with Crippen molar-refractivity contribution in [3.63, 3.8) is 0 Å². The zero-order chi connectivity index (χ0) is 13.7. The summed E-state index contributed by atoms with van der Waals surface area (Å²) in [6.07, 6.45) is 3.34. The van der Waals surface area contributed by atoms with Crippen LogP contribution in [0.15, 0.2) is 0 Å². The first kappa shape index (κ1) is 15.0. The van der Waals surface area contributed by atoms with Gasteiger partial charge in [-0.15, -0.1) is 0 Å². The molecule has 0 aromatic heterocycles. The predicted octanol–water partition coefficient (Wildman–Crippen LogP) is 0.487. The van der Waals surface area contributed by atoms with Crippen molar-refractivity contribution in [3.8, 4) is 0 Å². The number of likely N-dealkylation sites (N-methyl/N-ethyl adjacent to an activating group) is 1. The summed E-state index contributed by atoms with van der Waals surface area (Å²) in [5.74, 6) is 0.212. The lowest BCUT2D eigenvalue weighted by Gasteiger charge is -2.36. The average Bonchev–Trinajstić information content (AvgIpc) is 2.36. The second kappa shape index (κ2) is 6.73. The summed E-state index contributed by atoms with van der Waals surface area (Å²) in [4.78, 5) is 25.7. The molecule has 0 aliphatic carbocycles.